The number of thioether (sulfide) groups is 1. The van der Waals surface area contributed by atoms with E-state index in [0.717, 1.165) is 23.4 Å². The second-order valence-electron chi connectivity index (χ2n) is 5.61. The van der Waals surface area contributed by atoms with Gasteiger partial charge in [-0.25, -0.2) is 0 Å². The zero-order valence-electron chi connectivity index (χ0n) is 12.4. The molecule has 2 N–H and O–H groups in total. The first-order valence-electron chi connectivity index (χ1n) is 7.32. The van der Waals surface area contributed by atoms with Crippen LogP contribution in [0.1, 0.15) is 37.7 Å². The van der Waals surface area contributed by atoms with Crippen molar-refractivity contribution in [1.82, 2.24) is 4.90 Å². The van der Waals surface area contributed by atoms with Crippen molar-refractivity contribution in [3.8, 4) is 0 Å². The molecule has 0 saturated heterocycles. The molecule has 0 atom stereocenters. The maximum Gasteiger partial charge on any atom is 0.232 e. The van der Waals surface area contributed by atoms with Gasteiger partial charge in [0.15, 0.2) is 0 Å². The summed E-state index contributed by atoms with van der Waals surface area (Å²) in [5.41, 5.74) is 7.74. The fourth-order valence-electron chi connectivity index (χ4n) is 2.69. The summed E-state index contributed by atoms with van der Waals surface area (Å²) in [5, 5.41) is 0. The number of nitrogens with zero attached hydrogens (tertiary/aromatic N) is 1. The van der Waals surface area contributed by atoms with E-state index in [0.29, 0.717) is 11.8 Å². The van der Waals surface area contributed by atoms with E-state index in [-0.39, 0.29) is 5.91 Å². The summed E-state index contributed by atoms with van der Waals surface area (Å²) in [5.74, 6) is 0.723. The zero-order chi connectivity index (χ0) is 14.5. The molecule has 1 aliphatic rings. The van der Waals surface area contributed by atoms with E-state index in [2.05, 4.69) is 6.92 Å². The van der Waals surface area contributed by atoms with Crippen LogP contribution in [0, 0.1) is 6.92 Å². The number of benzene rings is 1. The topological polar surface area (TPSA) is 46.3 Å². The first-order chi connectivity index (χ1) is 9.58. The molecule has 20 heavy (non-hydrogen) atoms. The van der Waals surface area contributed by atoms with Gasteiger partial charge in [-0.2, -0.15) is 0 Å². The summed E-state index contributed by atoms with van der Waals surface area (Å²) in [6.07, 6.45) is 6.14. The highest BCUT2D eigenvalue weighted by Crippen LogP contribution is 2.26. The highest BCUT2D eigenvalue weighted by molar-refractivity contribution is 8.00. The minimum absolute atomic E-state index is 0.226. The smallest absolute Gasteiger partial charge is 0.232 e. The van der Waals surface area contributed by atoms with E-state index in [1.807, 2.05) is 30.1 Å². The van der Waals surface area contributed by atoms with Gasteiger partial charge in [0.2, 0.25) is 5.91 Å². The Morgan fingerprint density at radius 3 is 2.75 bits per heavy atom. The van der Waals surface area contributed by atoms with Gasteiger partial charge in [0.1, 0.15) is 0 Å². The number of nitrogens with two attached hydrogens (primary N) is 1. The van der Waals surface area contributed by atoms with Crippen molar-refractivity contribution in [3.63, 3.8) is 0 Å². The molecular formula is C16H24N2OS. The summed E-state index contributed by atoms with van der Waals surface area (Å²) in [4.78, 5) is 15.3. The van der Waals surface area contributed by atoms with Crippen molar-refractivity contribution in [3.05, 3.63) is 23.8 Å². The van der Waals surface area contributed by atoms with Crippen molar-refractivity contribution < 1.29 is 4.79 Å². The summed E-state index contributed by atoms with van der Waals surface area (Å²) in [7, 11) is 1.95. The molecule has 3 nitrogen and oxygen atoms in total. The molecule has 110 valence electrons. The second-order valence-corrected chi connectivity index (χ2v) is 6.63. The first kappa shape index (κ1) is 15.2. The van der Waals surface area contributed by atoms with E-state index < -0.39 is 0 Å². The van der Waals surface area contributed by atoms with Crippen molar-refractivity contribution in [2.24, 2.45) is 0 Å². The van der Waals surface area contributed by atoms with E-state index in [9.17, 15) is 4.79 Å². The molecule has 1 aliphatic carbocycles. The number of hydrogen-bond donors (Lipinski definition) is 1. The van der Waals surface area contributed by atoms with Gasteiger partial charge in [0, 0.05) is 23.7 Å². The van der Waals surface area contributed by atoms with Crippen molar-refractivity contribution in [2.75, 3.05) is 18.5 Å². The van der Waals surface area contributed by atoms with Crippen LogP contribution in [-0.2, 0) is 4.79 Å². The Hall–Kier alpha value is -1.16. The van der Waals surface area contributed by atoms with Crippen LogP contribution in [0.3, 0.4) is 0 Å². The lowest BCUT2D eigenvalue weighted by molar-refractivity contribution is -0.129. The number of hydrogen-bond acceptors (Lipinski definition) is 3. The Bertz CT molecular complexity index is 470. The fraction of sp³-hybridized carbons (Fsp3) is 0.562. The van der Waals surface area contributed by atoms with Crippen LogP contribution in [0.15, 0.2) is 23.1 Å². The normalized spacial score (nSPS) is 16.1. The van der Waals surface area contributed by atoms with Crippen molar-refractivity contribution in [1.29, 1.82) is 0 Å². The van der Waals surface area contributed by atoms with Gasteiger partial charge < -0.3 is 10.6 Å². The molecule has 0 bridgehead atoms. The quantitative estimate of drug-likeness (QED) is 0.683. The van der Waals surface area contributed by atoms with Crippen LogP contribution < -0.4 is 5.73 Å². The lowest BCUT2D eigenvalue weighted by Gasteiger charge is -2.31. The van der Waals surface area contributed by atoms with Crippen LogP contribution in [-0.4, -0.2) is 29.6 Å². The van der Waals surface area contributed by atoms with Gasteiger partial charge in [-0.3, -0.25) is 4.79 Å². The summed E-state index contributed by atoms with van der Waals surface area (Å²) in [6, 6.07) is 6.30. The van der Waals surface area contributed by atoms with E-state index >= 15 is 0 Å². The van der Waals surface area contributed by atoms with Crippen LogP contribution >= 0.6 is 11.8 Å². The molecule has 0 radical (unpaired) electrons. The minimum atomic E-state index is 0.226. The van der Waals surface area contributed by atoms with Gasteiger partial charge in [-0.05, 0) is 37.5 Å². The number of carbonyl (C=O) groups is 1. The molecule has 4 heteroatoms. The largest absolute Gasteiger partial charge is 0.399 e. The highest BCUT2D eigenvalue weighted by Gasteiger charge is 2.21. The Morgan fingerprint density at radius 1 is 1.35 bits per heavy atom. The predicted molar refractivity (Wildman–Crippen MR) is 86.0 cm³/mol. The Morgan fingerprint density at radius 2 is 2.05 bits per heavy atom. The molecule has 2 rings (SSSR count). The van der Waals surface area contributed by atoms with Crippen molar-refractivity contribution >= 4 is 23.4 Å². The molecule has 0 heterocycles. The lowest BCUT2D eigenvalue weighted by atomic mass is 9.94. The van der Waals surface area contributed by atoms with Gasteiger partial charge in [-0.15, -0.1) is 11.8 Å². The third-order valence-electron chi connectivity index (χ3n) is 4.08. The Labute approximate surface area is 125 Å². The number of carbonyl (C=O) groups excluding carboxylic acids is 1. The Kier molecular flexibility index (Phi) is 5.35. The van der Waals surface area contributed by atoms with E-state index in [1.54, 1.807) is 11.8 Å². The molecule has 1 amide bonds. The fourth-order valence-corrected chi connectivity index (χ4v) is 3.68. The van der Waals surface area contributed by atoms with Gasteiger partial charge in [-0.1, -0.05) is 25.3 Å². The molecular weight excluding hydrogens is 268 g/mol. The standard InChI is InChI=1S/C16H24N2OS/c1-12-8-9-13(17)10-15(12)20-11-16(19)18(2)14-6-4-3-5-7-14/h8-10,14H,3-7,11,17H2,1-2H3. The minimum Gasteiger partial charge on any atom is -0.399 e. The lowest BCUT2D eigenvalue weighted by Crippen LogP contribution is -2.39. The SMILES string of the molecule is Cc1ccc(N)cc1SCC(=O)N(C)C1CCCCC1. The Balaban J connectivity index is 1.89. The summed E-state index contributed by atoms with van der Waals surface area (Å²) in [6.45, 7) is 2.05. The third-order valence-corrected chi connectivity index (χ3v) is 5.22. The molecule has 0 aliphatic heterocycles. The number of amides is 1. The van der Waals surface area contributed by atoms with Crippen LogP contribution in [0.4, 0.5) is 5.69 Å². The van der Waals surface area contributed by atoms with Crippen molar-refractivity contribution in [2.45, 2.75) is 50.0 Å². The third kappa shape index (κ3) is 3.92. The van der Waals surface area contributed by atoms with Gasteiger partial charge in [0.25, 0.3) is 0 Å². The number of nitrogen functional groups attached to an aromatic ring is 1. The molecule has 1 aromatic rings. The summed E-state index contributed by atoms with van der Waals surface area (Å²) >= 11 is 1.59. The van der Waals surface area contributed by atoms with Crippen LogP contribution in [0.5, 0.6) is 0 Å². The predicted octanol–water partition coefficient (Wildman–Crippen LogP) is 3.46. The average Bonchev–Trinajstić information content (AvgIpc) is 2.48. The molecule has 1 aromatic carbocycles. The molecule has 0 spiro atoms. The second kappa shape index (κ2) is 7.02. The number of anilines is 1. The van der Waals surface area contributed by atoms with Gasteiger partial charge in [0.05, 0.1) is 5.75 Å². The average molecular weight is 292 g/mol. The van der Waals surface area contributed by atoms with E-state index in [4.69, 9.17) is 5.73 Å². The number of aryl methyl sites for hydroxylation is 1. The van der Waals surface area contributed by atoms with Crippen LogP contribution in [0.2, 0.25) is 0 Å². The molecule has 1 fully saturated rings. The first-order valence-corrected chi connectivity index (χ1v) is 8.31. The molecule has 0 aromatic heterocycles. The monoisotopic (exact) mass is 292 g/mol. The molecule has 0 unspecified atom stereocenters. The van der Waals surface area contributed by atoms with E-state index in [1.165, 1.54) is 24.8 Å². The summed E-state index contributed by atoms with van der Waals surface area (Å²) < 4.78 is 0. The maximum absolute atomic E-state index is 12.3. The molecule has 1 saturated carbocycles. The zero-order valence-corrected chi connectivity index (χ0v) is 13.2. The number of rotatable bonds is 4. The van der Waals surface area contributed by atoms with Crippen LogP contribution in [0.25, 0.3) is 0 Å². The maximum atomic E-state index is 12.3. The highest BCUT2D eigenvalue weighted by atomic mass is 32.2. The van der Waals surface area contributed by atoms with Gasteiger partial charge >= 0.3 is 0 Å².